The van der Waals surface area contributed by atoms with E-state index in [-0.39, 0.29) is 5.56 Å². The first-order valence-corrected chi connectivity index (χ1v) is 9.25. The van der Waals surface area contributed by atoms with E-state index in [2.05, 4.69) is 20.9 Å². The maximum absolute atomic E-state index is 13.0. The summed E-state index contributed by atoms with van der Waals surface area (Å²) in [6, 6.07) is 7.71. The molecule has 2 aliphatic heterocycles. The minimum absolute atomic E-state index is 0.0541. The molecule has 1 fully saturated rings. The van der Waals surface area contributed by atoms with Gasteiger partial charge in [0.05, 0.1) is 12.1 Å². The molecule has 1 N–H and O–H groups in total. The fraction of sp³-hybridized carbons (Fsp3) is 0.368. The summed E-state index contributed by atoms with van der Waals surface area (Å²) in [5.41, 5.74) is 1.82. The van der Waals surface area contributed by atoms with Crippen molar-refractivity contribution in [2.75, 3.05) is 13.1 Å². The highest BCUT2D eigenvalue weighted by molar-refractivity contribution is 6.28. The van der Waals surface area contributed by atoms with E-state index >= 15 is 0 Å². The number of hydrogen-bond donors (Lipinski definition) is 1. The molecule has 26 heavy (non-hydrogen) atoms. The lowest BCUT2D eigenvalue weighted by Crippen LogP contribution is -2.46. The smallest absolute Gasteiger partial charge is 0.261 e. The van der Waals surface area contributed by atoms with Gasteiger partial charge in [0, 0.05) is 43.6 Å². The molecular weight excluding hydrogens is 352 g/mol. The molecule has 1 saturated heterocycles. The van der Waals surface area contributed by atoms with Crippen molar-refractivity contribution in [2.24, 2.45) is 5.92 Å². The zero-order valence-electron chi connectivity index (χ0n) is 14.2. The van der Waals surface area contributed by atoms with Crippen LogP contribution in [0.25, 0.3) is 11.4 Å². The molecule has 0 spiro atoms. The van der Waals surface area contributed by atoms with Gasteiger partial charge in [0.25, 0.3) is 5.56 Å². The zero-order valence-corrected chi connectivity index (χ0v) is 14.9. The Balaban J connectivity index is 1.44. The fourth-order valence-electron chi connectivity index (χ4n) is 4.42. The van der Waals surface area contributed by atoms with Crippen LogP contribution in [-0.4, -0.2) is 32.5 Å². The van der Waals surface area contributed by atoms with Crippen LogP contribution in [0.4, 0.5) is 0 Å². The van der Waals surface area contributed by atoms with E-state index in [0.29, 0.717) is 28.4 Å². The van der Waals surface area contributed by atoms with Gasteiger partial charge in [-0.1, -0.05) is 0 Å². The van der Waals surface area contributed by atoms with E-state index in [0.717, 1.165) is 44.1 Å². The molecule has 0 aromatic carbocycles. The number of pyridine rings is 1. The van der Waals surface area contributed by atoms with Crippen LogP contribution >= 0.6 is 11.6 Å². The van der Waals surface area contributed by atoms with Crippen LogP contribution in [0.3, 0.4) is 0 Å². The van der Waals surface area contributed by atoms with Crippen LogP contribution in [0, 0.1) is 5.92 Å². The Labute approximate surface area is 155 Å². The third kappa shape index (κ3) is 2.70. The maximum Gasteiger partial charge on any atom is 0.261 e. The summed E-state index contributed by atoms with van der Waals surface area (Å²) in [7, 11) is 0. The first-order chi connectivity index (χ1) is 12.7. The fourth-order valence-corrected chi connectivity index (χ4v) is 4.59. The molecule has 7 heteroatoms. The standard InChI is InChI=1S/C19H19ClN4O2/c20-17-4-1-14(26-17)11-23-8-12-7-13(10-23)16-3-2-15(18-21-5-6-22-18)19(25)24(16)9-12/h1-6,12-13H,7-11H2,(H,21,22)/t12-,13+/m0/s1. The SMILES string of the molecule is O=c1c(-c2ncc[nH]2)ccc2n1C[C@H]1C[C@@H]2CN(Cc2ccc(Cl)o2)C1. The van der Waals surface area contributed by atoms with E-state index in [9.17, 15) is 4.79 Å². The predicted octanol–water partition coefficient (Wildman–Crippen LogP) is 3.10. The molecular formula is C19H19ClN4O2. The lowest BCUT2D eigenvalue weighted by Gasteiger charge is -2.42. The normalized spacial score (nSPS) is 22.3. The average Bonchev–Trinajstić information content (AvgIpc) is 3.28. The van der Waals surface area contributed by atoms with Gasteiger partial charge in [-0.3, -0.25) is 9.69 Å². The van der Waals surface area contributed by atoms with Crippen molar-refractivity contribution in [3.05, 3.63) is 63.7 Å². The van der Waals surface area contributed by atoms with Crippen molar-refractivity contribution < 1.29 is 4.42 Å². The molecule has 2 bridgehead atoms. The Bertz CT molecular complexity index is 991. The van der Waals surface area contributed by atoms with Crippen LogP contribution in [0.15, 0.2) is 45.9 Å². The number of rotatable bonds is 3. The first kappa shape index (κ1) is 15.9. The van der Waals surface area contributed by atoms with Crippen LogP contribution in [0.5, 0.6) is 0 Å². The second kappa shape index (κ2) is 6.14. The van der Waals surface area contributed by atoms with Crippen molar-refractivity contribution in [3.63, 3.8) is 0 Å². The Morgan fingerprint density at radius 2 is 2.15 bits per heavy atom. The molecule has 3 aromatic rings. The molecule has 0 aliphatic carbocycles. The van der Waals surface area contributed by atoms with Gasteiger partial charge in [0.2, 0.25) is 0 Å². The Morgan fingerprint density at radius 3 is 2.92 bits per heavy atom. The van der Waals surface area contributed by atoms with Crippen LogP contribution in [0.1, 0.15) is 23.8 Å². The first-order valence-electron chi connectivity index (χ1n) is 8.87. The van der Waals surface area contributed by atoms with Crippen molar-refractivity contribution in [1.82, 2.24) is 19.4 Å². The second-order valence-electron chi connectivity index (χ2n) is 7.22. The van der Waals surface area contributed by atoms with E-state index in [1.165, 1.54) is 0 Å². The molecule has 0 amide bonds. The predicted molar refractivity (Wildman–Crippen MR) is 98.1 cm³/mol. The number of aromatic nitrogens is 3. The van der Waals surface area contributed by atoms with Crippen molar-refractivity contribution in [1.29, 1.82) is 0 Å². The number of imidazole rings is 1. The topological polar surface area (TPSA) is 67.1 Å². The number of hydrogen-bond acceptors (Lipinski definition) is 4. The van der Waals surface area contributed by atoms with Gasteiger partial charge in [-0.25, -0.2) is 4.98 Å². The summed E-state index contributed by atoms with van der Waals surface area (Å²) >= 11 is 5.88. The molecule has 0 saturated carbocycles. The van der Waals surface area contributed by atoms with E-state index < -0.39 is 0 Å². The number of halogens is 1. The summed E-state index contributed by atoms with van der Waals surface area (Å²) < 4.78 is 7.47. The summed E-state index contributed by atoms with van der Waals surface area (Å²) in [4.78, 5) is 22.6. The van der Waals surface area contributed by atoms with Crippen LogP contribution in [0.2, 0.25) is 5.22 Å². The summed E-state index contributed by atoms with van der Waals surface area (Å²) in [6.45, 7) is 3.41. The molecule has 6 nitrogen and oxygen atoms in total. The number of fused-ring (bicyclic) bond motifs is 4. The monoisotopic (exact) mass is 370 g/mol. The summed E-state index contributed by atoms with van der Waals surface area (Å²) in [5.74, 6) is 2.36. The maximum atomic E-state index is 13.0. The van der Waals surface area contributed by atoms with Gasteiger partial charge < -0.3 is 14.0 Å². The van der Waals surface area contributed by atoms with Gasteiger partial charge in [-0.05, 0) is 48.2 Å². The number of furan rings is 1. The summed E-state index contributed by atoms with van der Waals surface area (Å²) in [6.07, 6.45) is 4.55. The minimum atomic E-state index is 0.0541. The lowest BCUT2D eigenvalue weighted by atomic mass is 9.83. The van der Waals surface area contributed by atoms with Gasteiger partial charge in [-0.2, -0.15) is 0 Å². The number of H-pyrrole nitrogens is 1. The van der Waals surface area contributed by atoms with Crippen molar-refractivity contribution in [2.45, 2.75) is 25.4 Å². The quantitative estimate of drug-likeness (QED) is 0.769. The molecule has 3 aromatic heterocycles. The highest BCUT2D eigenvalue weighted by Crippen LogP contribution is 2.36. The zero-order chi connectivity index (χ0) is 17.7. The Hall–Kier alpha value is -2.31. The van der Waals surface area contributed by atoms with E-state index in [4.69, 9.17) is 16.0 Å². The molecule has 2 aliphatic rings. The van der Waals surface area contributed by atoms with Crippen molar-refractivity contribution in [3.8, 4) is 11.4 Å². The molecule has 0 radical (unpaired) electrons. The summed E-state index contributed by atoms with van der Waals surface area (Å²) in [5, 5.41) is 0.430. The van der Waals surface area contributed by atoms with Crippen molar-refractivity contribution >= 4 is 11.6 Å². The highest BCUT2D eigenvalue weighted by atomic mass is 35.5. The third-order valence-corrected chi connectivity index (χ3v) is 5.64. The second-order valence-corrected chi connectivity index (χ2v) is 7.60. The molecule has 5 rings (SSSR count). The van der Waals surface area contributed by atoms with Crippen LogP contribution in [-0.2, 0) is 13.1 Å². The van der Waals surface area contributed by atoms with Crippen LogP contribution < -0.4 is 5.56 Å². The Kier molecular flexibility index (Phi) is 3.76. The van der Waals surface area contributed by atoms with Gasteiger partial charge in [0.15, 0.2) is 5.22 Å². The molecule has 0 unspecified atom stereocenters. The average molecular weight is 371 g/mol. The Morgan fingerprint density at radius 1 is 1.23 bits per heavy atom. The largest absolute Gasteiger partial charge is 0.448 e. The minimum Gasteiger partial charge on any atom is -0.448 e. The third-order valence-electron chi connectivity index (χ3n) is 5.44. The number of likely N-dealkylation sites (tertiary alicyclic amines) is 1. The van der Waals surface area contributed by atoms with Gasteiger partial charge in [-0.15, -0.1) is 0 Å². The molecule has 2 atom stereocenters. The molecule has 134 valence electrons. The van der Waals surface area contributed by atoms with E-state index in [1.807, 2.05) is 16.7 Å². The van der Waals surface area contributed by atoms with Gasteiger partial charge >= 0.3 is 0 Å². The number of aromatic amines is 1. The number of piperidine rings is 1. The highest BCUT2D eigenvalue weighted by Gasteiger charge is 2.35. The molecule has 5 heterocycles. The van der Waals surface area contributed by atoms with Gasteiger partial charge in [0.1, 0.15) is 11.6 Å². The van der Waals surface area contributed by atoms with E-state index in [1.54, 1.807) is 18.5 Å². The lowest BCUT2D eigenvalue weighted by molar-refractivity contribution is 0.108. The number of nitrogens with one attached hydrogen (secondary N) is 1. The number of nitrogens with zero attached hydrogens (tertiary/aromatic N) is 3.